The molecule has 2 saturated carbocycles. The summed E-state index contributed by atoms with van der Waals surface area (Å²) in [7, 11) is 0. The predicted molar refractivity (Wildman–Crippen MR) is 102 cm³/mol. The van der Waals surface area contributed by atoms with Gasteiger partial charge in [-0.25, -0.2) is 18.4 Å². The Morgan fingerprint density at radius 3 is 2.52 bits per heavy atom. The van der Waals surface area contributed by atoms with Crippen LogP contribution in [0.25, 0.3) is 11.0 Å². The van der Waals surface area contributed by atoms with Crippen LogP contribution in [0.4, 0.5) is 8.78 Å². The van der Waals surface area contributed by atoms with E-state index in [1.807, 2.05) is 4.90 Å². The maximum absolute atomic E-state index is 13.5. The monoisotopic (exact) mass is 405 g/mol. The molecule has 1 amide bonds. The van der Waals surface area contributed by atoms with Crippen LogP contribution in [0.15, 0.2) is 11.0 Å². The molecule has 1 N–H and O–H groups in total. The van der Waals surface area contributed by atoms with Gasteiger partial charge in [0.1, 0.15) is 11.2 Å². The molecule has 3 heterocycles. The fraction of sp³-hybridized carbons (Fsp3) is 0.700. The molecule has 9 heteroatoms. The number of likely N-dealkylation sites (tertiary alicyclic amines) is 1. The zero-order valence-corrected chi connectivity index (χ0v) is 16.2. The minimum absolute atomic E-state index is 0.0979. The molecule has 2 aliphatic carbocycles. The first-order chi connectivity index (χ1) is 13.9. The number of nitrogens with one attached hydrogen (secondary N) is 1. The lowest BCUT2D eigenvalue weighted by molar-refractivity contribution is -0.138. The van der Waals surface area contributed by atoms with Gasteiger partial charge in [0.25, 0.3) is 5.56 Å². The molecule has 29 heavy (non-hydrogen) atoms. The Hall–Kier alpha value is -2.32. The van der Waals surface area contributed by atoms with Crippen molar-refractivity contribution in [1.82, 2.24) is 24.6 Å². The number of amides is 1. The standard InChI is InChI=1S/C20H25F2N5O2/c21-20(22)7-5-12(6-8-20)27-17-15(11-23-27)18(28)25-16(24-17)13-3-4-14(13)19(29)26-9-1-2-10-26/h11-14H,1-10H2,(H,24,25,28)/t13-,14-/m0/s1. The van der Waals surface area contributed by atoms with E-state index in [9.17, 15) is 18.4 Å². The van der Waals surface area contributed by atoms with Crippen molar-refractivity contribution in [3.8, 4) is 0 Å². The molecule has 0 aromatic carbocycles. The molecular formula is C20H25F2N5O2. The van der Waals surface area contributed by atoms with Crippen molar-refractivity contribution < 1.29 is 13.6 Å². The van der Waals surface area contributed by atoms with Crippen LogP contribution in [-0.4, -0.2) is 49.6 Å². The summed E-state index contributed by atoms with van der Waals surface area (Å²) in [4.78, 5) is 34.9. The van der Waals surface area contributed by atoms with Gasteiger partial charge in [-0.05, 0) is 38.5 Å². The van der Waals surface area contributed by atoms with E-state index in [0.717, 1.165) is 38.8 Å². The Labute approximate surface area is 166 Å². The largest absolute Gasteiger partial charge is 0.342 e. The molecule has 2 atom stereocenters. The van der Waals surface area contributed by atoms with E-state index in [0.29, 0.717) is 29.7 Å². The number of H-pyrrole nitrogens is 1. The number of hydrogen-bond donors (Lipinski definition) is 1. The summed E-state index contributed by atoms with van der Waals surface area (Å²) in [6.45, 7) is 1.62. The summed E-state index contributed by atoms with van der Waals surface area (Å²) in [6, 6.07) is -0.183. The number of fused-ring (bicyclic) bond motifs is 1. The van der Waals surface area contributed by atoms with Gasteiger partial charge in [0.05, 0.1) is 12.2 Å². The summed E-state index contributed by atoms with van der Waals surface area (Å²) in [6.07, 6.45) is 5.44. The van der Waals surface area contributed by atoms with Crippen molar-refractivity contribution in [2.45, 2.75) is 69.2 Å². The van der Waals surface area contributed by atoms with E-state index in [4.69, 9.17) is 0 Å². The third-order valence-corrected chi connectivity index (χ3v) is 6.87. The smallest absolute Gasteiger partial charge is 0.262 e. The highest BCUT2D eigenvalue weighted by Gasteiger charge is 2.42. The number of carbonyl (C=O) groups is 1. The van der Waals surface area contributed by atoms with Gasteiger partial charge in [0.15, 0.2) is 5.65 Å². The lowest BCUT2D eigenvalue weighted by atomic mass is 9.72. The quantitative estimate of drug-likeness (QED) is 0.851. The highest BCUT2D eigenvalue weighted by atomic mass is 19.3. The van der Waals surface area contributed by atoms with Crippen LogP contribution >= 0.6 is 0 Å². The molecule has 2 aromatic rings. The van der Waals surface area contributed by atoms with E-state index in [2.05, 4.69) is 15.1 Å². The van der Waals surface area contributed by atoms with E-state index in [1.54, 1.807) is 4.68 Å². The summed E-state index contributed by atoms with van der Waals surface area (Å²) < 4.78 is 28.7. The van der Waals surface area contributed by atoms with Crippen molar-refractivity contribution >= 4 is 16.9 Å². The van der Waals surface area contributed by atoms with Crippen LogP contribution in [0.3, 0.4) is 0 Å². The molecule has 7 nitrogen and oxygen atoms in total. The first kappa shape index (κ1) is 18.7. The fourth-order valence-electron chi connectivity index (χ4n) is 4.96. The number of halogens is 2. The van der Waals surface area contributed by atoms with Gasteiger partial charge in [0, 0.05) is 37.8 Å². The minimum atomic E-state index is -2.62. The third-order valence-electron chi connectivity index (χ3n) is 6.87. The SMILES string of the molecule is O=C([C@H]1CC[C@@H]1c1nc2c(cnn2C2CCC(F)(F)CC2)c(=O)[nH]1)N1CCCC1. The van der Waals surface area contributed by atoms with Gasteiger partial charge in [0.2, 0.25) is 11.8 Å². The molecule has 156 valence electrons. The lowest BCUT2D eigenvalue weighted by Gasteiger charge is -2.37. The Morgan fingerprint density at radius 1 is 1.14 bits per heavy atom. The Morgan fingerprint density at radius 2 is 1.86 bits per heavy atom. The molecule has 0 unspecified atom stereocenters. The van der Waals surface area contributed by atoms with Crippen LogP contribution in [0.2, 0.25) is 0 Å². The van der Waals surface area contributed by atoms with Crippen molar-refractivity contribution in [2.24, 2.45) is 5.92 Å². The number of aromatic nitrogens is 4. The second-order valence-corrected chi connectivity index (χ2v) is 8.69. The molecule has 0 radical (unpaired) electrons. The topological polar surface area (TPSA) is 83.9 Å². The molecule has 1 saturated heterocycles. The zero-order chi connectivity index (χ0) is 20.2. The summed E-state index contributed by atoms with van der Waals surface area (Å²) in [5.41, 5.74) is 0.162. The molecular weight excluding hydrogens is 380 g/mol. The fourth-order valence-corrected chi connectivity index (χ4v) is 4.96. The van der Waals surface area contributed by atoms with Gasteiger partial charge in [-0.3, -0.25) is 9.59 Å². The van der Waals surface area contributed by atoms with Crippen LogP contribution < -0.4 is 5.56 Å². The number of nitrogens with zero attached hydrogens (tertiary/aromatic N) is 4. The molecule has 5 rings (SSSR count). The molecule has 3 aliphatic rings. The highest BCUT2D eigenvalue weighted by Crippen LogP contribution is 2.43. The maximum atomic E-state index is 13.5. The molecule has 0 bridgehead atoms. The second-order valence-electron chi connectivity index (χ2n) is 8.69. The number of carbonyl (C=O) groups excluding carboxylic acids is 1. The number of alkyl halides is 2. The van der Waals surface area contributed by atoms with Gasteiger partial charge < -0.3 is 9.88 Å². The average Bonchev–Trinajstić information content (AvgIpc) is 3.31. The number of rotatable bonds is 3. The van der Waals surface area contributed by atoms with Gasteiger partial charge >= 0.3 is 0 Å². The van der Waals surface area contributed by atoms with Crippen molar-refractivity contribution in [1.29, 1.82) is 0 Å². The number of aromatic amines is 1. The third kappa shape index (κ3) is 3.24. The van der Waals surface area contributed by atoms with Crippen molar-refractivity contribution in [3.63, 3.8) is 0 Å². The maximum Gasteiger partial charge on any atom is 0.262 e. The molecule has 2 aromatic heterocycles. The van der Waals surface area contributed by atoms with Crippen LogP contribution in [-0.2, 0) is 4.79 Å². The van der Waals surface area contributed by atoms with Crippen molar-refractivity contribution in [3.05, 3.63) is 22.4 Å². The first-order valence-corrected chi connectivity index (χ1v) is 10.6. The summed E-state index contributed by atoms with van der Waals surface area (Å²) in [5, 5.41) is 4.67. The highest BCUT2D eigenvalue weighted by molar-refractivity contribution is 5.81. The Kier molecular flexibility index (Phi) is 4.43. The Balaban J connectivity index is 1.43. The second kappa shape index (κ2) is 6.88. The van der Waals surface area contributed by atoms with E-state index >= 15 is 0 Å². The Bertz CT molecular complexity index is 984. The summed E-state index contributed by atoms with van der Waals surface area (Å²) in [5.74, 6) is -2.18. The summed E-state index contributed by atoms with van der Waals surface area (Å²) >= 11 is 0. The number of hydrogen-bond acceptors (Lipinski definition) is 4. The lowest BCUT2D eigenvalue weighted by Crippen LogP contribution is -2.42. The zero-order valence-electron chi connectivity index (χ0n) is 16.2. The van der Waals surface area contributed by atoms with E-state index in [-0.39, 0.29) is 42.2 Å². The van der Waals surface area contributed by atoms with Gasteiger partial charge in [-0.1, -0.05) is 0 Å². The van der Waals surface area contributed by atoms with E-state index < -0.39 is 5.92 Å². The van der Waals surface area contributed by atoms with Crippen LogP contribution in [0.1, 0.15) is 69.2 Å². The van der Waals surface area contributed by atoms with Crippen LogP contribution in [0, 0.1) is 5.92 Å². The minimum Gasteiger partial charge on any atom is -0.342 e. The predicted octanol–water partition coefficient (Wildman–Crippen LogP) is 2.99. The van der Waals surface area contributed by atoms with Gasteiger partial charge in [-0.15, -0.1) is 0 Å². The van der Waals surface area contributed by atoms with Crippen LogP contribution in [0.5, 0.6) is 0 Å². The first-order valence-electron chi connectivity index (χ1n) is 10.6. The van der Waals surface area contributed by atoms with E-state index in [1.165, 1.54) is 6.20 Å². The normalized spacial score (nSPS) is 27.3. The van der Waals surface area contributed by atoms with Crippen molar-refractivity contribution in [2.75, 3.05) is 13.1 Å². The molecule has 0 spiro atoms. The van der Waals surface area contributed by atoms with Gasteiger partial charge in [-0.2, -0.15) is 5.10 Å². The molecule has 3 fully saturated rings. The average molecular weight is 405 g/mol. The molecule has 1 aliphatic heterocycles.